The lowest BCUT2D eigenvalue weighted by atomic mass is 9.97. The summed E-state index contributed by atoms with van der Waals surface area (Å²) >= 11 is 0. The number of hydrogen-bond donors (Lipinski definition) is 2. The first-order chi connectivity index (χ1) is 9.15. The summed E-state index contributed by atoms with van der Waals surface area (Å²) in [6.07, 6.45) is 2.78. The molecule has 0 atom stereocenters. The Balaban J connectivity index is 1.90. The van der Waals surface area contributed by atoms with Gasteiger partial charge in [0.1, 0.15) is 0 Å². The number of carbonyl (C=O) groups excluding carboxylic acids is 1. The van der Waals surface area contributed by atoms with E-state index in [4.69, 9.17) is 5.73 Å². The van der Waals surface area contributed by atoms with E-state index in [0.717, 1.165) is 23.7 Å². The van der Waals surface area contributed by atoms with E-state index < -0.39 is 0 Å². The van der Waals surface area contributed by atoms with Gasteiger partial charge in [-0.25, -0.2) is 0 Å². The second kappa shape index (κ2) is 6.57. The molecule has 0 bridgehead atoms. The van der Waals surface area contributed by atoms with E-state index in [1.807, 2.05) is 24.3 Å². The minimum Gasteiger partial charge on any atom is -0.385 e. The number of para-hydroxylation sites is 1. The van der Waals surface area contributed by atoms with Crippen LogP contribution in [0.5, 0.6) is 0 Å². The number of amides is 1. The number of carbonyl (C=O) groups is 1. The third-order valence-corrected chi connectivity index (χ3v) is 3.80. The molecule has 4 nitrogen and oxygen atoms in total. The summed E-state index contributed by atoms with van der Waals surface area (Å²) in [6.45, 7) is 3.33. The van der Waals surface area contributed by atoms with Crippen LogP contribution in [0.25, 0.3) is 0 Å². The van der Waals surface area contributed by atoms with Gasteiger partial charge in [-0.2, -0.15) is 0 Å². The molecule has 1 heterocycles. The summed E-state index contributed by atoms with van der Waals surface area (Å²) < 4.78 is 0. The first-order valence-corrected chi connectivity index (χ1v) is 6.94. The Hall–Kier alpha value is -1.55. The van der Waals surface area contributed by atoms with Crippen LogP contribution in [0.2, 0.25) is 0 Å². The number of likely N-dealkylation sites (tertiary alicyclic amines) is 1. The normalized spacial score (nSPS) is 17.3. The lowest BCUT2D eigenvalue weighted by Crippen LogP contribution is -2.33. The summed E-state index contributed by atoms with van der Waals surface area (Å²) in [5, 5.41) is 3.48. The Morgan fingerprint density at radius 2 is 2.05 bits per heavy atom. The Labute approximate surface area is 115 Å². The number of hydrogen-bond acceptors (Lipinski definition) is 3. The van der Waals surface area contributed by atoms with Crippen molar-refractivity contribution < 1.29 is 4.79 Å². The molecule has 0 aliphatic carbocycles. The number of nitrogens with two attached hydrogens (primary N) is 1. The molecule has 1 amide bonds. The summed E-state index contributed by atoms with van der Waals surface area (Å²) in [6, 6.07) is 7.91. The highest BCUT2D eigenvalue weighted by Gasteiger charge is 2.16. The van der Waals surface area contributed by atoms with Gasteiger partial charge in [0.25, 0.3) is 0 Å². The maximum atomic E-state index is 11.1. The molecule has 1 fully saturated rings. The van der Waals surface area contributed by atoms with Crippen molar-refractivity contribution in [3.63, 3.8) is 0 Å². The van der Waals surface area contributed by atoms with Crippen LogP contribution in [-0.2, 0) is 11.2 Å². The average Bonchev–Trinajstić information content (AvgIpc) is 2.39. The standard InChI is InChI=1S/C15H23N3O/c1-18-8-6-12(7-9-18)11-17-14-5-3-2-4-13(14)10-15(16)19/h2-5,12,17H,6-11H2,1H3,(H2,16,19). The van der Waals surface area contributed by atoms with Gasteiger partial charge in [0.2, 0.25) is 5.91 Å². The number of piperidine rings is 1. The van der Waals surface area contributed by atoms with Crippen molar-refractivity contribution in [1.82, 2.24) is 4.90 Å². The van der Waals surface area contributed by atoms with E-state index >= 15 is 0 Å². The van der Waals surface area contributed by atoms with Gasteiger partial charge in [-0.05, 0) is 50.5 Å². The highest BCUT2D eigenvalue weighted by molar-refractivity contribution is 5.78. The van der Waals surface area contributed by atoms with Crippen LogP contribution in [0.15, 0.2) is 24.3 Å². The van der Waals surface area contributed by atoms with Crippen molar-refractivity contribution in [3.8, 4) is 0 Å². The van der Waals surface area contributed by atoms with E-state index in [-0.39, 0.29) is 5.91 Å². The molecule has 0 spiro atoms. The van der Waals surface area contributed by atoms with E-state index in [1.54, 1.807) is 0 Å². The van der Waals surface area contributed by atoms with Crippen molar-refractivity contribution in [3.05, 3.63) is 29.8 Å². The number of benzene rings is 1. The molecule has 4 heteroatoms. The van der Waals surface area contributed by atoms with Crippen LogP contribution in [0, 0.1) is 5.92 Å². The largest absolute Gasteiger partial charge is 0.385 e. The molecule has 0 saturated carbocycles. The van der Waals surface area contributed by atoms with Crippen LogP contribution in [0.4, 0.5) is 5.69 Å². The predicted molar refractivity (Wildman–Crippen MR) is 78.1 cm³/mol. The first kappa shape index (κ1) is 13.9. The molecule has 1 aromatic rings. The van der Waals surface area contributed by atoms with E-state index in [2.05, 4.69) is 17.3 Å². The highest BCUT2D eigenvalue weighted by Crippen LogP contribution is 2.20. The fourth-order valence-electron chi connectivity index (χ4n) is 2.56. The molecule has 19 heavy (non-hydrogen) atoms. The zero-order chi connectivity index (χ0) is 13.7. The Bertz CT molecular complexity index is 425. The molecule has 2 rings (SSSR count). The van der Waals surface area contributed by atoms with Gasteiger partial charge in [0, 0.05) is 12.2 Å². The zero-order valence-electron chi connectivity index (χ0n) is 11.6. The summed E-state index contributed by atoms with van der Waals surface area (Å²) in [7, 11) is 2.17. The van der Waals surface area contributed by atoms with Crippen molar-refractivity contribution in [2.75, 3.05) is 32.0 Å². The van der Waals surface area contributed by atoms with Crippen molar-refractivity contribution in [2.24, 2.45) is 11.7 Å². The molecule has 0 unspecified atom stereocenters. The summed E-state index contributed by atoms with van der Waals surface area (Å²) in [5.41, 5.74) is 7.31. The molecular formula is C15H23N3O. The van der Waals surface area contributed by atoms with Gasteiger partial charge in [-0.15, -0.1) is 0 Å². The monoisotopic (exact) mass is 261 g/mol. The van der Waals surface area contributed by atoms with Crippen LogP contribution < -0.4 is 11.1 Å². The van der Waals surface area contributed by atoms with Crippen LogP contribution in [-0.4, -0.2) is 37.5 Å². The molecule has 1 aliphatic rings. The molecule has 1 saturated heterocycles. The molecule has 1 aromatic carbocycles. The van der Waals surface area contributed by atoms with E-state index in [1.165, 1.54) is 25.9 Å². The molecule has 0 radical (unpaired) electrons. The highest BCUT2D eigenvalue weighted by atomic mass is 16.1. The van der Waals surface area contributed by atoms with Crippen molar-refractivity contribution >= 4 is 11.6 Å². The van der Waals surface area contributed by atoms with Gasteiger partial charge < -0.3 is 16.0 Å². The number of anilines is 1. The molecule has 104 valence electrons. The molecule has 1 aliphatic heterocycles. The summed E-state index contributed by atoms with van der Waals surface area (Å²) in [4.78, 5) is 13.4. The average molecular weight is 261 g/mol. The van der Waals surface area contributed by atoms with E-state index in [9.17, 15) is 4.79 Å². The van der Waals surface area contributed by atoms with Crippen molar-refractivity contribution in [2.45, 2.75) is 19.3 Å². The Kier molecular flexibility index (Phi) is 4.80. The van der Waals surface area contributed by atoms with Gasteiger partial charge in [-0.3, -0.25) is 4.79 Å². The second-order valence-corrected chi connectivity index (χ2v) is 5.43. The lowest BCUT2D eigenvalue weighted by Gasteiger charge is -2.29. The van der Waals surface area contributed by atoms with Gasteiger partial charge in [0.05, 0.1) is 6.42 Å². The Morgan fingerprint density at radius 3 is 2.74 bits per heavy atom. The van der Waals surface area contributed by atoms with Gasteiger partial charge in [0.15, 0.2) is 0 Å². The molecule has 3 N–H and O–H groups in total. The molecular weight excluding hydrogens is 238 g/mol. The topological polar surface area (TPSA) is 58.4 Å². The first-order valence-electron chi connectivity index (χ1n) is 6.94. The van der Waals surface area contributed by atoms with Gasteiger partial charge >= 0.3 is 0 Å². The zero-order valence-corrected chi connectivity index (χ0v) is 11.6. The van der Waals surface area contributed by atoms with E-state index in [0.29, 0.717) is 6.42 Å². The maximum absolute atomic E-state index is 11.1. The third-order valence-electron chi connectivity index (χ3n) is 3.80. The lowest BCUT2D eigenvalue weighted by molar-refractivity contribution is -0.117. The minimum atomic E-state index is -0.284. The Morgan fingerprint density at radius 1 is 1.37 bits per heavy atom. The number of nitrogens with zero attached hydrogens (tertiary/aromatic N) is 1. The number of primary amides is 1. The fourth-order valence-corrected chi connectivity index (χ4v) is 2.56. The summed E-state index contributed by atoms with van der Waals surface area (Å²) in [5.74, 6) is 0.436. The smallest absolute Gasteiger partial charge is 0.221 e. The van der Waals surface area contributed by atoms with Crippen molar-refractivity contribution in [1.29, 1.82) is 0 Å². The fraction of sp³-hybridized carbons (Fsp3) is 0.533. The maximum Gasteiger partial charge on any atom is 0.221 e. The molecule has 0 aromatic heterocycles. The number of rotatable bonds is 5. The van der Waals surface area contributed by atoms with Crippen LogP contribution >= 0.6 is 0 Å². The SMILES string of the molecule is CN1CCC(CNc2ccccc2CC(N)=O)CC1. The third kappa shape index (κ3) is 4.24. The predicted octanol–water partition coefficient (Wildman–Crippen LogP) is 1.47. The van der Waals surface area contributed by atoms with Gasteiger partial charge in [-0.1, -0.05) is 18.2 Å². The quantitative estimate of drug-likeness (QED) is 0.844. The second-order valence-electron chi connectivity index (χ2n) is 5.43. The van der Waals surface area contributed by atoms with Crippen LogP contribution in [0.1, 0.15) is 18.4 Å². The minimum absolute atomic E-state index is 0.284. The number of nitrogens with one attached hydrogen (secondary N) is 1. The van der Waals surface area contributed by atoms with Crippen LogP contribution in [0.3, 0.4) is 0 Å².